The third kappa shape index (κ3) is 2.68. The van der Waals surface area contributed by atoms with Crippen LogP contribution in [0.2, 0.25) is 0 Å². The van der Waals surface area contributed by atoms with Gasteiger partial charge in [0, 0.05) is 19.1 Å². The predicted octanol–water partition coefficient (Wildman–Crippen LogP) is 0.820. The molecule has 1 aliphatic heterocycles. The quantitative estimate of drug-likeness (QED) is 0.587. The largest absolute Gasteiger partial charge is 0.379 e. The fourth-order valence-electron chi connectivity index (χ4n) is 2.18. The van der Waals surface area contributed by atoms with E-state index in [0.29, 0.717) is 18.3 Å². The van der Waals surface area contributed by atoms with Crippen LogP contribution in [0.3, 0.4) is 0 Å². The van der Waals surface area contributed by atoms with Crippen LogP contribution >= 0.6 is 0 Å². The molecule has 0 spiro atoms. The Balaban J connectivity index is 2.02. The first-order chi connectivity index (χ1) is 8.59. The summed E-state index contributed by atoms with van der Waals surface area (Å²) >= 11 is 0. The van der Waals surface area contributed by atoms with Crippen molar-refractivity contribution in [2.75, 3.05) is 26.3 Å². The number of rotatable bonds is 4. The molecule has 0 aliphatic carbocycles. The molecule has 7 heteroatoms. The van der Waals surface area contributed by atoms with E-state index in [0.717, 1.165) is 26.3 Å². The average molecular weight is 254 g/mol. The number of morpholine rings is 1. The molecule has 0 saturated carbocycles. The van der Waals surface area contributed by atoms with Gasteiger partial charge in [-0.1, -0.05) is 0 Å². The van der Waals surface area contributed by atoms with Gasteiger partial charge in [-0.2, -0.15) is 5.10 Å². The van der Waals surface area contributed by atoms with Crippen LogP contribution in [0, 0.1) is 17.0 Å². The van der Waals surface area contributed by atoms with Gasteiger partial charge in [0.15, 0.2) is 0 Å². The van der Waals surface area contributed by atoms with E-state index in [4.69, 9.17) is 4.74 Å². The molecule has 1 saturated heterocycles. The summed E-state index contributed by atoms with van der Waals surface area (Å²) in [5.74, 6) is 0. The summed E-state index contributed by atoms with van der Waals surface area (Å²) in [6.07, 6.45) is 1.32. The Hall–Kier alpha value is -1.47. The topological polar surface area (TPSA) is 73.4 Å². The van der Waals surface area contributed by atoms with Gasteiger partial charge in [-0.25, -0.2) is 0 Å². The lowest BCUT2D eigenvalue weighted by molar-refractivity contribution is -0.385. The minimum absolute atomic E-state index is 0.0872. The van der Waals surface area contributed by atoms with Crippen LogP contribution in [0.5, 0.6) is 0 Å². The number of nitro groups is 1. The molecule has 2 rings (SSSR count). The highest BCUT2D eigenvalue weighted by Crippen LogP contribution is 2.17. The smallest absolute Gasteiger partial charge is 0.309 e. The fourth-order valence-corrected chi connectivity index (χ4v) is 2.18. The van der Waals surface area contributed by atoms with E-state index in [-0.39, 0.29) is 5.69 Å². The minimum atomic E-state index is -0.391. The first-order valence-electron chi connectivity index (χ1n) is 6.08. The molecule has 0 bridgehead atoms. The number of ether oxygens (including phenoxy) is 1. The Kier molecular flexibility index (Phi) is 3.93. The maximum absolute atomic E-state index is 10.7. The van der Waals surface area contributed by atoms with Gasteiger partial charge in [-0.15, -0.1) is 0 Å². The van der Waals surface area contributed by atoms with Crippen molar-refractivity contribution in [3.63, 3.8) is 0 Å². The van der Waals surface area contributed by atoms with Crippen LogP contribution in [0.15, 0.2) is 6.20 Å². The molecule has 1 aromatic heterocycles. The van der Waals surface area contributed by atoms with Gasteiger partial charge in [0.05, 0.1) is 24.7 Å². The normalized spacial score (nSPS) is 18.8. The highest BCUT2D eigenvalue weighted by Gasteiger charge is 2.21. The van der Waals surface area contributed by atoms with Crippen LogP contribution < -0.4 is 0 Å². The molecule has 1 aromatic rings. The Morgan fingerprint density at radius 1 is 1.56 bits per heavy atom. The summed E-state index contributed by atoms with van der Waals surface area (Å²) < 4.78 is 7.01. The van der Waals surface area contributed by atoms with E-state index in [2.05, 4.69) is 16.9 Å². The molecular weight excluding hydrogens is 236 g/mol. The molecule has 1 fully saturated rings. The molecule has 1 aliphatic rings. The zero-order valence-corrected chi connectivity index (χ0v) is 10.7. The molecule has 1 atom stereocenters. The van der Waals surface area contributed by atoms with Crippen molar-refractivity contribution in [3.8, 4) is 0 Å². The summed E-state index contributed by atoms with van der Waals surface area (Å²) in [4.78, 5) is 12.7. The fraction of sp³-hybridized carbons (Fsp3) is 0.727. The van der Waals surface area contributed by atoms with E-state index in [1.54, 1.807) is 11.6 Å². The molecule has 1 unspecified atom stereocenters. The van der Waals surface area contributed by atoms with Gasteiger partial charge in [0.25, 0.3) is 0 Å². The van der Waals surface area contributed by atoms with Crippen LogP contribution in [0.4, 0.5) is 5.69 Å². The van der Waals surface area contributed by atoms with Gasteiger partial charge in [0.2, 0.25) is 0 Å². The first-order valence-corrected chi connectivity index (χ1v) is 6.08. The molecule has 18 heavy (non-hydrogen) atoms. The SMILES string of the molecule is Cc1c([N+](=O)[O-])cnn1CC(C)N1CCOCC1. The van der Waals surface area contributed by atoms with Crippen molar-refractivity contribution in [2.24, 2.45) is 0 Å². The molecule has 7 nitrogen and oxygen atoms in total. The van der Waals surface area contributed by atoms with Gasteiger partial charge < -0.3 is 4.74 Å². The van der Waals surface area contributed by atoms with E-state index in [1.165, 1.54) is 6.20 Å². The van der Waals surface area contributed by atoms with Gasteiger partial charge >= 0.3 is 5.69 Å². The van der Waals surface area contributed by atoms with E-state index in [9.17, 15) is 10.1 Å². The van der Waals surface area contributed by atoms with Crippen LogP contribution in [-0.4, -0.2) is 51.9 Å². The predicted molar refractivity (Wildman–Crippen MR) is 65.5 cm³/mol. The highest BCUT2D eigenvalue weighted by molar-refractivity contribution is 5.31. The Labute approximate surface area is 105 Å². The second-order valence-corrected chi connectivity index (χ2v) is 4.55. The number of nitrogens with zero attached hydrogens (tertiary/aromatic N) is 4. The van der Waals surface area contributed by atoms with Gasteiger partial charge in [-0.05, 0) is 13.8 Å². The first kappa shape index (κ1) is 13.0. The zero-order chi connectivity index (χ0) is 13.1. The second-order valence-electron chi connectivity index (χ2n) is 4.55. The lowest BCUT2D eigenvalue weighted by Gasteiger charge is -2.32. The summed E-state index contributed by atoms with van der Waals surface area (Å²) in [5, 5.41) is 14.8. The third-order valence-electron chi connectivity index (χ3n) is 3.38. The van der Waals surface area contributed by atoms with Crippen LogP contribution in [0.1, 0.15) is 12.6 Å². The monoisotopic (exact) mass is 254 g/mol. The van der Waals surface area contributed by atoms with Gasteiger partial charge in [-0.3, -0.25) is 19.7 Å². The molecule has 100 valence electrons. The van der Waals surface area contributed by atoms with Gasteiger partial charge in [0.1, 0.15) is 11.9 Å². The average Bonchev–Trinajstić information content (AvgIpc) is 2.72. The molecular formula is C11H18N4O3. The van der Waals surface area contributed by atoms with Crippen molar-refractivity contribution in [1.82, 2.24) is 14.7 Å². The molecule has 0 amide bonds. The second kappa shape index (κ2) is 5.45. The third-order valence-corrected chi connectivity index (χ3v) is 3.38. The number of hydrogen-bond donors (Lipinski definition) is 0. The number of aromatic nitrogens is 2. The maximum atomic E-state index is 10.7. The maximum Gasteiger partial charge on any atom is 0.309 e. The lowest BCUT2D eigenvalue weighted by atomic mass is 10.2. The molecule has 0 N–H and O–H groups in total. The Bertz CT molecular complexity index is 426. The van der Waals surface area contributed by atoms with Crippen molar-refractivity contribution in [3.05, 3.63) is 22.0 Å². The summed E-state index contributed by atoms with van der Waals surface area (Å²) in [6.45, 7) is 7.83. The number of hydrogen-bond acceptors (Lipinski definition) is 5. The van der Waals surface area contributed by atoms with E-state index in [1.807, 2.05) is 0 Å². The molecule has 0 radical (unpaired) electrons. The summed E-state index contributed by atoms with van der Waals surface area (Å²) in [7, 11) is 0. The van der Waals surface area contributed by atoms with Crippen molar-refractivity contribution >= 4 is 5.69 Å². The van der Waals surface area contributed by atoms with E-state index < -0.39 is 4.92 Å². The highest BCUT2D eigenvalue weighted by atomic mass is 16.6. The lowest BCUT2D eigenvalue weighted by Crippen LogP contribution is -2.44. The van der Waals surface area contributed by atoms with Crippen LogP contribution in [-0.2, 0) is 11.3 Å². The van der Waals surface area contributed by atoms with Crippen molar-refractivity contribution in [2.45, 2.75) is 26.4 Å². The minimum Gasteiger partial charge on any atom is -0.379 e. The zero-order valence-electron chi connectivity index (χ0n) is 10.7. The van der Waals surface area contributed by atoms with Crippen molar-refractivity contribution < 1.29 is 9.66 Å². The molecule has 2 heterocycles. The van der Waals surface area contributed by atoms with Crippen molar-refractivity contribution in [1.29, 1.82) is 0 Å². The summed E-state index contributed by atoms with van der Waals surface area (Å²) in [6, 6.07) is 0.298. The standard InChI is InChI=1S/C11H18N4O3/c1-9(13-3-5-18-6-4-13)8-14-10(2)11(7-12-14)15(16)17/h7,9H,3-6,8H2,1-2H3. The summed E-state index contributed by atoms with van der Waals surface area (Å²) in [5.41, 5.74) is 0.698. The molecule has 0 aromatic carbocycles. The van der Waals surface area contributed by atoms with E-state index >= 15 is 0 Å². The van der Waals surface area contributed by atoms with Crippen LogP contribution in [0.25, 0.3) is 0 Å². The Morgan fingerprint density at radius 3 is 2.78 bits per heavy atom. The Morgan fingerprint density at radius 2 is 2.22 bits per heavy atom.